The largest absolute Gasteiger partial charge is 0.496 e. The van der Waals surface area contributed by atoms with Gasteiger partial charge in [-0.25, -0.2) is 4.79 Å². The van der Waals surface area contributed by atoms with Gasteiger partial charge in [0.25, 0.3) is 5.69 Å². The number of amides is 2. The van der Waals surface area contributed by atoms with Crippen molar-refractivity contribution >= 4 is 17.7 Å². The fourth-order valence-corrected chi connectivity index (χ4v) is 3.11. The molecule has 10 nitrogen and oxygen atoms in total. The molecule has 1 saturated carbocycles. The van der Waals surface area contributed by atoms with Gasteiger partial charge in [-0.15, -0.1) is 0 Å². The Morgan fingerprint density at radius 1 is 1.41 bits per heavy atom. The van der Waals surface area contributed by atoms with Crippen LogP contribution in [0.3, 0.4) is 0 Å². The third kappa shape index (κ3) is 5.55. The quantitative estimate of drug-likeness (QED) is 0.435. The third-order valence-electron chi connectivity index (χ3n) is 4.62. The average Bonchev–Trinajstić information content (AvgIpc) is 2.60. The van der Waals surface area contributed by atoms with E-state index in [4.69, 9.17) is 9.84 Å². The average molecular weight is 380 g/mol. The molecule has 1 aliphatic carbocycles. The molecule has 0 unspecified atom stereocenters. The molecule has 0 aromatic heterocycles. The normalized spacial score (nSPS) is 18.5. The predicted octanol–water partition coefficient (Wildman–Crippen LogP) is 1.34. The highest BCUT2D eigenvalue weighted by Crippen LogP contribution is 2.26. The van der Waals surface area contributed by atoms with Gasteiger partial charge in [0.1, 0.15) is 5.75 Å². The molecule has 2 amide bonds. The van der Waals surface area contributed by atoms with Crippen molar-refractivity contribution in [2.45, 2.75) is 38.4 Å². The summed E-state index contributed by atoms with van der Waals surface area (Å²) >= 11 is 0. The first kappa shape index (κ1) is 20.4. The number of carboxylic acids is 1. The maximum atomic E-state index is 12.1. The van der Waals surface area contributed by atoms with Crippen molar-refractivity contribution in [2.75, 3.05) is 20.2 Å². The Morgan fingerprint density at radius 3 is 2.67 bits per heavy atom. The van der Waals surface area contributed by atoms with Crippen LogP contribution in [0, 0.1) is 10.1 Å². The zero-order valence-electron chi connectivity index (χ0n) is 15.3. The molecule has 10 heteroatoms. The van der Waals surface area contributed by atoms with E-state index in [-0.39, 0.29) is 36.9 Å². The van der Waals surface area contributed by atoms with E-state index in [1.807, 2.05) is 11.8 Å². The molecule has 0 radical (unpaired) electrons. The Bertz CT molecular complexity index is 705. The number of nitro benzene ring substituents is 1. The van der Waals surface area contributed by atoms with Crippen molar-refractivity contribution in [3.8, 4) is 5.75 Å². The lowest BCUT2D eigenvalue weighted by Gasteiger charge is -2.42. The number of methoxy groups -OCH3 is 1. The summed E-state index contributed by atoms with van der Waals surface area (Å²) in [5, 5.41) is 25.3. The lowest BCUT2D eigenvalue weighted by atomic mass is 9.85. The summed E-state index contributed by atoms with van der Waals surface area (Å²) in [5.41, 5.74) is 0.430. The summed E-state index contributed by atoms with van der Waals surface area (Å²) in [6, 6.07) is 3.94. The summed E-state index contributed by atoms with van der Waals surface area (Å²) in [6.45, 7) is 2.63. The predicted molar refractivity (Wildman–Crippen MR) is 96.7 cm³/mol. The fourth-order valence-electron chi connectivity index (χ4n) is 3.11. The van der Waals surface area contributed by atoms with Crippen molar-refractivity contribution in [1.82, 2.24) is 15.5 Å². The lowest BCUT2D eigenvalue weighted by molar-refractivity contribution is -0.384. The third-order valence-corrected chi connectivity index (χ3v) is 4.62. The molecule has 148 valence electrons. The van der Waals surface area contributed by atoms with E-state index in [2.05, 4.69) is 10.6 Å². The van der Waals surface area contributed by atoms with Gasteiger partial charge >= 0.3 is 12.0 Å². The number of non-ortho nitro benzene ring substituents is 1. The molecule has 27 heavy (non-hydrogen) atoms. The lowest BCUT2D eigenvalue weighted by Crippen LogP contribution is -2.56. The molecule has 1 aliphatic rings. The Labute approximate surface area is 156 Å². The molecule has 0 aliphatic heterocycles. The highest BCUT2D eigenvalue weighted by atomic mass is 16.6. The van der Waals surface area contributed by atoms with Gasteiger partial charge in [0.2, 0.25) is 0 Å². The number of aliphatic carboxylic acids is 1. The first-order chi connectivity index (χ1) is 12.8. The highest BCUT2D eigenvalue weighted by Gasteiger charge is 2.34. The first-order valence-electron chi connectivity index (χ1n) is 8.65. The fraction of sp³-hybridized carbons (Fsp3) is 0.529. The van der Waals surface area contributed by atoms with Crippen LogP contribution in [0.5, 0.6) is 5.75 Å². The molecule has 3 N–H and O–H groups in total. The Kier molecular flexibility index (Phi) is 6.94. The Balaban J connectivity index is 1.82. The Morgan fingerprint density at radius 2 is 2.11 bits per heavy atom. The zero-order valence-corrected chi connectivity index (χ0v) is 15.3. The number of urea groups is 1. The monoisotopic (exact) mass is 380 g/mol. The number of benzene rings is 1. The van der Waals surface area contributed by atoms with Crippen LogP contribution in [-0.2, 0) is 11.3 Å². The van der Waals surface area contributed by atoms with E-state index in [0.29, 0.717) is 30.7 Å². The molecule has 2 rings (SSSR count). The van der Waals surface area contributed by atoms with Crippen LogP contribution in [0.4, 0.5) is 10.5 Å². The Hall–Kier alpha value is -2.88. The standard InChI is InChI=1S/C17H24N4O6/c1-3-20(10-16(22)23)14-7-12(8-14)19-17(24)18-9-11-6-13(21(25)26)4-5-15(11)27-2/h4-6,12,14H,3,7-10H2,1-2H3,(H,22,23)(H2,18,19,24). The highest BCUT2D eigenvalue weighted by molar-refractivity contribution is 5.74. The summed E-state index contributed by atoms with van der Waals surface area (Å²) in [7, 11) is 1.45. The molecule has 0 saturated heterocycles. The molecular weight excluding hydrogens is 356 g/mol. The molecule has 1 aromatic rings. The number of ether oxygens (including phenoxy) is 1. The van der Waals surface area contributed by atoms with Crippen LogP contribution in [0.1, 0.15) is 25.3 Å². The maximum absolute atomic E-state index is 12.1. The van der Waals surface area contributed by atoms with E-state index in [9.17, 15) is 19.7 Å². The van der Waals surface area contributed by atoms with E-state index >= 15 is 0 Å². The number of likely N-dealkylation sites (N-methyl/N-ethyl adjacent to an activating group) is 1. The van der Waals surface area contributed by atoms with Gasteiger partial charge in [-0.05, 0) is 25.5 Å². The molecule has 0 atom stereocenters. The number of carbonyl (C=O) groups is 2. The number of nitrogens with one attached hydrogen (secondary N) is 2. The van der Waals surface area contributed by atoms with Gasteiger partial charge in [0.05, 0.1) is 18.6 Å². The van der Waals surface area contributed by atoms with Gasteiger partial charge in [0.15, 0.2) is 0 Å². The topological polar surface area (TPSA) is 134 Å². The minimum absolute atomic E-state index is 0.00728. The summed E-state index contributed by atoms with van der Waals surface area (Å²) in [5.74, 6) is -0.409. The first-order valence-corrected chi connectivity index (χ1v) is 8.65. The molecule has 0 heterocycles. The van der Waals surface area contributed by atoms with Crippen LogP contribution in [0.2, 0.25) is 0 Å². The zero-order chi connectivity index (χ0) is 20.0. The van der Waals surface area contributed by atoms with Crippen LogP contribution >= 0.6 is 0 Å². The van der Waals surface area contributed by atoms with E-state index in [1.165, 1.54) is 25.3 Å². The molecule has 0 spiro atoms. The maximum Gasteiger partial charge on any atom is 0.317 e. The van der Waals surface area contributed by atoms with E-state index in [1.54, 1.807) is 0 Å². The number of rotatable bonds is 9. The van der Waals surface area contributed by atoms with Crippen molar-refractivity contribution < 1.29 is 24.4 Å². The summed E-state index contributed by atoms with van der Waals surface area (Å²) < 4.78 is 5.16. The van der Waals surface area contributed by atoms with Gasteiger partial charge in [-0.1, -0.05) is 6.92 Å². The summed E-state index contributed by atoms with van der Waals surface area (Å²) in [6.07, 6.45) is 1.38. The van der Waals surface area contributed by atoms with Crippen LogP contribution in [0.25, 0.3) is 0 Å². The minimum atomic E-state index is -0.864. The SMILES string of the molecule is CCN(CC(=O)O)C1CC(NC(=O)NCc2cc([N+](=O)[O-])ccc2OC)C1. The van der Waals surface area contributed by atoms with Crippen molar-refractivity contribution in [1.29, 1.82) is 0 Å². The van der Waals surface area contributed by atoms with Crippen molar-refractivity contribution in [3.05, 3.63) is 33.9 Å². The summed E-state index contributed by atoms with van der Waals surface area (Å²) in [4.78, 5) is 35.1. The van der Waals surface area contributed by atoms with Gasteiger partial charge in [-0.2, -0.15) is 0 Å². The second-order valence-electron chi connectivity index (χ2n) is 6.36. The van der Waals surface area contributed by atoms with Gasteiger partial charge in [0, 0.05) is 36.3 Å². The van der Waals surface area contributed by atoms with Gasteiger partial charge < -0.3 is 20.5 Å². The number of carboxylic acid groups (broad SMARTS) is 1. The smallest absolute Gasteiger partial charge is 0.317 e. The second kappa shape index (κ2) is 9.17. The number of hydrogen-bond acceptors (Lipinski definition) is 6. The number of nitrogens with zero attached hydrogens (tertiary/aromatic N) is 2. The minimum Gasteiger partial charge on any atom is -0.496 e. The second-order valence-corrected chi connectivity index (χ2v) is 6.36. The number of hydrogen-bond donors (Lipinski definition) is 3. The van der Waals surface area contributed by atoms with Gasteiger partial charge in [-0.3, -0.25) is 19.8 Å². The van der Waals surface area contributed by atoms with Crippen LogP contribution in [0.15, 0.2) is 18.2 Å². The van der Waals surface area contributed by atoms with Crippen LogP contribution < -0.4 is 15.4 Å². The van der Waals surface area contributed by atoms with Crippen molar-refractivity contribution in [3.63, 3.8) is 0 Å². The molecule has 0 bridgehead atoms. The number of carbonyl (C=O) groups excluding carboxylic acids is 1. The molecule has 1 aromatic carbocycles. The van der Waals surface area contributed by atoms with E-state index in [0.717, 1.165) is 0 Å². The molecule has 1 fully saturated rings. The molecular formula is C17H24N4O6. The van der Waals surface area contributed by atoms with Crippen LogP contribution in [-0.4, -0.2) is 59.2 Å². The number of nitro groups is 1. The van der Waals surface area contributed by atoms with Crippen molar-refractivity contribution in [2.24, 2.45) is 0 Å². The van der Waals surface area contributed by atoms with E-state index < -0.39 is 10.9 Å².